The van der Waals surface area contributed by atoms with Crippen LogP contribution in [-0.4, -0.2) is 50.8 Å². The molecule has 0 bridgehead atoms. The van der Waals surface area contributed by atoms with Crippen molar-refractivity contribution in [2.75, 3.05) is 25.1 Å². The van der Waals surface area contributed by atoms with E-state index >= 15 is 0 Å². The maximum absolute atomic E-state index is 5.52. The average Bonchev–Trinajstić information content (AvgIpc) is 3.10. The Labute approximate surface area is 116 Å². The van der Waals surface area contributed by atoms with E-state index in [4.69, 9.17) is 9.47 Å². The van der Waals surface area contributed by atoms with Gasteiger partial charge >= 0.3 is 0 Å². The van der Waals surface area contributed by atoms with Crippen molar-refractivity contribution in [3.8, 4) is 5.88 Å². The summed E-state index contributed by atoms with van der Waals surface area (Å²) in [5, 5.41) is 11.2. The first kappa shape index (κ1) is 12.8. The minimum atomic E-state index is 0.0843. The van der Waals surface area contributed by atoms with E-state index in [0.717, 1.165) is 0 Å². The molecular formula is C12H16N6O2. The van der Waals surface area contributed by atoms with Gasteiger partial charge in [-0.25, -0.2) is 14.6 Å². The summed E-state index contributed by atoms with van der Waals surface area (Å²) in [6.45, 7) is 3.69. The highest BCUT2D eigenvalue weighted by atomic mass is 16.5. The average molecular weight is 276 g/mol. The summed E-state index contributed by atoms with van der Waals surface area (Å²) in [5.74, 6) is 1.27. The summed E-state index contributed by atoms with van der Waals surface area (Å²) >= 11 is 0. The quantitative estimate of drug-likeness (QED) is 0.851. The minimum Gasteiger partial charge on any atom is -0.478 e. The van der Waals surface area contributed by atoms with E-state index in [-0.39, 0.29) is 12.1 Å². The molecular weight excluding hydrogens is 260 g/mol. The molecule has 0 aromatic carbocycles. The standard InChI is InChI=1S/C12H16N6O2/c1-2-20-12-5-11(13-8-14-12)16-9-6-19-7-10(9)18-4-3-15-17-18/h3-5,8-10H,2,6-7H2,1H3,(H,13,14,16)/t9-,10+/m0/s1. The molecule has 3 heterocycles. The first-order valence-electron chi connectivity index (χ1n) is 6.51. The molecule has 8 heteroatoms. The highest BCUT2D eigenvalue weighted by Crippen LogP contribution is 2.22. The third-order valence-electron chi connectivity index (χ3n) is 3.10. The Kier molecular flexibility index (Phi) is 3.73. The number of rotatable bonds is 5. The van der Waals surface area contributed by atoms with Gasteiger partial charge in [0, 0.05) is 12.3 Å². The molecule has 0 saturated carbocycles. The molecule has 1 aliphatic rings. The molecule has 3 rings (SSSR count). The van der Waals surface area contributed by atoms with Crippen LogP contribution in [0.2, 0.25) is 0 Å². The van der Waals surface area contributed by atoms with Crippen molar-refractivity contribution in [1.29, 1.82) is 0 Å². The van der Waals surface area contributed by atoms with Gasteiger partial charge in [0.25, 0.3) is 0 Å². The molecule has 0 radical (unpaired) electrons. The van der Waals surface area contributed by atoms with Gasteiger partial charge in [-0.3, -0.25) is 0 Å². The largest absolute Gasteiger partial charge is 0.478 e. The fraction of sp³-hybridized carbons (Fsp3) is 0.500. The highest BCUT2D eigenvalue weighted by Gasteiger charge is 2.30. The summed E-state index contributed by atoms with van der Waals surface area (Å²) in [4.78, 5) is 8.24. The molecule has 2 aromatic rings. The van der Waals surface area contributed by atoms with Crippen LogP contribution in [0.3, 0.4) is 0 Å². The summed E-state index contributed by atoms with van der Waals surface area (Å²) in [7, 11) is 0. The number of nitrogens with one attached hydrogen (secondary N) is 1. The Hall–Kier alpha value is -2.22. The molecule has 0 amide bonds. The Morgan fingerprint density at radius 1 is 1.45 bits per heavy atom. The van der Waals surface area contributed by atoms with Gasteiger partial charge < -0.3 is 14.8 Å². The third kappa shape index (κ3) is 2.69. The SMILES string of the molecule is CCOc1cc(N[C@H]2COC[C@H]2n2ccnn2)ncn1. The van der Waals surface area contributed by atoms with Gasteiger partial charge in [-0.15, -0.1) is 5.10 Å². The lowest BCUT2D eigenvalue weighted by molar-refractivity contribution is 0.183. The van der Waals surface area contributed by atoms with Gasteiger partial charge in [-0.2, -0.15) is 0 Å². The second kappa shape index (κ2) is 5.83. The second-order valence-corrected chi connectivity index (χ2v) is 4.41. The third-order valence-corrected chi connectivity index (χ3v) is 3.10. The zero-order chi connectivity index (χ0) is 13.8. The molecule has 106 valence electrons. The molecule has 8 nitrogen and oxygen atoms in total. The highest BCUT2D eigenvalue weighted by molar-refractivity contribution is 5.38. The zero-order valence-electron chi connectivity index (χ0n) is 11.1. The Balaban J connectivity index is 1.72. The van der Waals surface area contributed by atoms with Crippen LogP contribution in [0, 0.1) is 0 Å². The predicted octanol–water partition coefficient (Wildman–Crippen LogP) is 0.519. The Morgan fingerprint density at radius 2 is 2.40 bits per heavy atom. The van der Waals surface area contributed by atoms with Crippen molar-refractivity contribution < 1.29 is 9.47 Å². The number of hydrogen-bond donors (Lipinski definition) is 1. The fourth-order valence-corrected chi connectivity index (χ4v) is 2.17. The number of anilines is 1. The molecule has 0 unspecified atom stereocenters. The Morgan fingerprint density at radius 3 is 3.20 bits per heavy atom. The van der Waals surface area contributed by atoms with Gasteiger partial charge in [0.1, 0.15) is 12.1 Å². The van der Waals surface area contributed by atoms with Gasteiger partial charge in [0.15, 0.2) is 0 Å². The van der Waals surface area contributed by atoms with Gasteiger partial charge in [-0.1, -0.05) is 5.21 Å². The van der Waals surface area contributed by atoms with E-state index in [1.165, 1.54) is 6.33 Å². The molecule has 1 N–H and O–H groups in total. The van der Waals surface area contributed by atoms with Crippen molar-refractivity contribution in [3.63, 3.8) is 0 Å². The zero-order valence-corrected chi connectivity index (χ0v) is 11.1. The van der Waals surface area contributed by atoms with E-state index in [0.29, 0.717) is 31.5 Å². The normalized spacial score (nSPS) is 21.9. The monoisotopic (exact) mass is 276 g/mol. The van der Waals surface area contributed by atoms with Crippen LogP contribution in [0.5, 0.6) is 5.88 Å². The molecule has 2 aromatic heterocycles. The van der Waals surface area contributed by atoms with Gasteiger partial charge in [0.05, 0.1) is 38.1 Å². The molecule has 0 spiro atoms. The first-order valence-corrected chi connectivity index (χ1v) is 6.51. The van der Waals surface area contributed by atoms with Crippen molar-refractivity contribution in [1.82, 2.24) is 25.0 Å². The van der Waals surface area contributed by atoms with Crippen LogP contribution in [0.25, 0.3) is 0 Å². The van der Waals surface area contributed by atoms with Crippen molar-refractivity contribution in [2.24, 2.45) is 0 Å². The van der Waals surface area contributed by atoms with Gasteiger partial charge in [0.2, 0.25) is 5.88 Å². The molecule has 1 saturated heterocycles. The summed E-state index contributed by atoms with van der Waals surface area (Å²) in [5.41, 5.74) is 0. The topological polar surface area (TPSA) is 87.0 Å². The van der Waals surface area contributed by atoms with Crippen LogP contribution in [0.15, 0.2) is 24.8 Å². The van der Waals surface area contributed by atoms with Crippen LogP contribution in [0.4, 0.5) is 5.82 Å². The second-order valence-electron chi connectivity index (χ2n) is 4.41. The fourth-order valence-electron chi connectivity index (χ4n) is 2.17. The van der Waals surface area contributed by atoms with Crippen molar-refractivity contribution in [2.45, 2.75) is 19.0 Å². The van der Waals surface area contributed by atoms with E-state index in [1.54, 1.807) is 16.9 Å². The number of nitrogens with zero attached hydrogens (tertiary/aromatic N) is 5. The van der Waals surface area contributed by atoms with E-state index in [1.807, 2.05) is 13.1 Å². The molecule has 1 fully saturated rings. The van der Waals surface area contributed by atoms with Crippen LogP contribution < -0.4 is 10.1 Å². The van der Waals surface area contributed by atoms with Crippen LogP contribution in [-0.2, 0) is 4.74 Å². The summed E-state index contributed by atoms with van der Waals surface area (Å²) in [6.07, 6.45) is 4.97. The smallest absolute Gasteiger partial charge is 0.218 e. The van der Waals surface area contributed by atoms with Crippen LogP contribution >= 0.6 is 0 Å². The van der Waals surface area contributed by atoms with E-state index < -0.39 is 0 Å². The number of ether oxygens (including phenoxy) is 2. The molecule has 20 heavy (non-hydrogen) atoms. The van der Waals surface area contributed by atoms with Crippen molar-refractivity contribution in [3.05, 3.63) is 24.8 Å². The van der Waals surface area contributed by atoms with Gasteiger partial charge in [-0.05, 0) is 6.92 Å². The summed E-state index contributed by atoms with van der Waals surface area (Å²) in [6, 6.07) is 1.96. The van der Waals surface area contributed by atoms with E-state index in [2.05, 4.69) is 25.6 Å². The van der Waals surface area contributed by atoms with E-state index in [9.17, 15) is 0 Å². The van der Waals surface area contributed by atoms with Crippen molar-refractivity contribution >= 4 is 5.82 Å². The maximum atomic E-state index is 5.52. The molecule has 2 atom stereocenters. The molecule has 1 aliphatic heterocycles. The number of aromatic nitrogens is 5. The molecule has 0 aliphatic carbocycles. The minimum absolute atomic E-state index is 0.0843. The lowest BCUT2D eigenvalue weighted by atomic mass is 10.2. The maximum Gasteiger partial charge on any atom is 0.218 e. The number of hydrogen-bond acceptors (Lipinski definition) is 7. The lowest BCUT2D eigenvalue weighted by Gasteiger charge is -2.19. The predicted molar refractivity (Wildman–Crippen MR) is 70.5 cm³/mol. The summed E-state index contributed by atoms with van der Waals surface area (Å²) < 4.78 is 12.7. The van der Waals surface area contributed by atoms with Crippen LogP contribution in [0.1, 0.15) is 13.0 Å². The lowest BCUT2D eigenvalue weighted by Crippen LogP contribution is -2.30. The Bertz CT molecular complexity index is 547. The first-order chi connectivity index (χ1) is 9.86.